The van der Waals surface area contributed by atoms with E-state index in [0.717, 1.165) is 29.8 Å². The van der Waals surface area contributed by atoms with Gasteiger partial charge in [0, 0.05) is 30.2 Å². The maximum absolute atomic E-state index is 12.8. The van der Waals surface area contributed by atoms with Crippen LogP contribution in [-0.2, 0) is 0 Å². The van der Waals surface area contributed by atoms with Crippen LogP contribution < -0.4 is 10.6 Å². The molecule has 5 heteroatoms. The number of benzene rings is 1. The summed E-state index contributed by atoms with van der Waals surface area (Å²) in [6.07, 6.45) is 12.0. The van der Waals surface area contributed by atoms with Crippen LogP contribution in [0.1, 0.15) is 59.2 Å². The van der Waals surface area contributed by atoms with E-state index >= 15 is 0 Å². The zero-order valence-corrected chi connectivity index (χ0v) is 18.2. The molecule has 3 aromatic rings. The number of nitrogens with one attached hydrogen (secondary N) is 2. The normalized spacial score (nSPS) is 28.1. The third kappa shape index (κ3) is 3.50. The standard InChI is InChI=1S/C27H29N3O2/c31-25(28-17-27-14-18-11-19(15-27)13-20(12-18)16-27)21-5-7-22(8-6-21)29-26(32)23-3-1-9-30-10-2-4-24(23)30/h1-10,18-20H,11-17H2,(H,28,31)(H,29,32). The highest BCUT2D eigenvalue weighted by Gasteiger charge is 2.50. The van der Waals surface area contributed by atoms with Gasteiger partial charge >= 0.3 is 0 Å². The fourth-order valence-corrected chi connectivity index (χ4v) is 7.04. The van der Waals surface area contributed by atoms with E-state index in [1.165, 1.54) is 38.5 Å². The molecule has 0 radical (unpaired) electrons. The first-order chi connectivity index (χ1) is 15.6. The fourth-order valence-electron chi connectivity index (χ4n) is 7.04. The quantitative estimate of drug-likeness (QED) is 0.592. The van der Waals surface area contributed by atoms with E-state index in [4.69, 9.17) is 0 Å². The Labute approximate surface area is 188 Å². The van der Waals surface area contributed by atoms with Gasteiger partial charge in [-0.2, -0.15) is 0 Å². The molecule has 0 saturated heterocycles. The summed E-state index contributed by atoms with van der Waals surface area (Å²) in [6.45, 7) is 0.801. The first-order valence-electron chi connectivity index (χ1n) is 11.8. The minimum atomic E-state index is -0.159. The predicted molar refractivity (Wildman–Crippen MR) is 125 cm³/mol. The fraction of sp³-hybridized carbons (Fsp3) is 0.407. The van der Waals surface area contributed by atoms with Crippen molar-refractivity contribution in [3.8, 4) is 0 Å². The highest BCUT2D eigenvalue weighted by atomic mass is 16.2. The van der Waals surface area contributed by atoms with Crippen LogP contribution in [0.25, 0.3) is 5.52 Å². The Morgan fingerprint density at radius 2 is 1.47 bits per heavy atom. The molecule has 4 saturated carbocycles. The lowest BCUT2D eigenvalue weighted by atomic mass is 9.49. The van der Waals surface area contributed by atoms with Gasteiger partial charge in [-0.25, -0.2) is 0 Å². The highest BCUT2D eigenvalue weighted by Crippen LogP contribution is 2.59. The van der Waals surface area contributed by atoms with Crippen molar-refractivity contribution in [2.45, 2.75) is 38.5 Å². The second-order valence-electron chi connectivity index (χ2n) is 10.4. The van der Waals surface area contributed by atoms with Crippen LogP contribution in [0.3, 0.4) is 0 Å². The number of pyridine rings is 1. The Bertz CT molecular complexity index is 1140. The van der Waals surface area contributed by atoms with E-state index in [1.54, 1.807) is 24.3 Å². The minimum absolute atomic E-state index is 0.0171. The van der Waals surface area contributed by atoms with E-state index in [-0.39, 0.29) is 11.8 Å². The molecule has 7 rings (SSSR count). The van der Waals surface area contributed by atoms with Crippen LogP contribution >= 0.6 is 0 Å². The van der Waals surface area contributed by atoms with Gasteiger partial charge in [0.15, 0.2) is 0 Å². The molecule has 4 aliphatic carbocycles. The Balaban J connectivity index is 1.09. The largest absolute Gasteiger partial charge is 0.351 e. The summed E-state index contributed by atoms with van der Waals surface area (Å²) in [5.74, 6) is 2.49. The number of carbonyl (C=O) groups excluding carboxylic acids is 2. The Morgan fingerprint density at radius 3 is 2.12 bits per heavy atom. The summed E-state index contributed by atoms with van der Waals surface area (Å²) in [7, 11) is 0. The Hall–Kier alpha value is -3.08. The van der Waals surface area contributed by atoms with Crippen molar-refractivity contribution in [1.29, 1.82) is 0 Å². The summed E-state index contributed by atoms with van der Waals surface area (Å²) < 4.78 is 1.92. The number of rotatable bonds is 5. The molecule has 2 amide bonds. The number of fused-ring (bicyclic) bond motifs is 1. The molecule has 4 fully saturated rings. The van der Waals surface area contributed by atoms with Gasteiger partial charge in [-0.05, 0) is 110 Å². The number of hydrogen-bond donors (Lipinski definition) is 2. The van der Waals surface area contributed by atoms with Crippen LogP contribution in [0.5, 0.6) is 0 Å². The number of carbonyl (C=O) groups is 2. The van der Waals surface area contributed by atoms with E-state index < -0.39 is 0 Å². The topological polar surface area (TPSA) is 62.6 Å². The monoisotopic (exact) mass is 427 g/mol. The number of aromatic nitrogens is 1. The van der Waals surface area contributed by atoms with Crippen molar-refractivity contribution in [3.05, 3.63) is 72.1 Å². The van der Waals surface area contributed by atoms with E-state index in [9.17, 15) is 9.59 Å². The molecule has 0 unspecified atom stereocenters. The number of amides is 2. The van der Waals surface area contributed by atoms with Crippen molar-refractivity contribution >= 4 is 23.0 Å². The molecule has 0 spiro atoms. The van der Waals surface area contributed by atoms with Gasteiger partial charge in [-0.1, -0.05) is 0 Å². The van der Waals surface area contributed by atoms with Crippen molar-refractivity contribution < 1.29 is 9.59 Å². The third-order valence-electron chi connectivity index (χ3n) is 8.00. The van der Waals surface area contributed by atoms with Crippen LogP contribution in [0.4, 0.5) is 5.69 Å². The number of nitrogens with zero attached hydrogens (tertiary/aromatic N) is 1. The highest BCUT2D eigenvalue weighted by molar-refractivity contribution is 6.09. The van der Waals surface area contributed by atoms with E-state index in [2.05, 4.69) is 10.6 Å². The van der Waals surface area contributed by atoms with Crippen LogP contribution in [0, 0.1) is 23.2 Å². The van der Waals surface area contributed by atoms with Crippen molar-refractivity contribution in [2.75, 3.05) is 11.9 Å². The molecule has 4 aliphatic rings. The van der Waals surface area contributed by atoms with Crippen LogP contribution in [0.15, 0.2) is 60.9 Å². The van der Waals surface area contributed by atoms with Gasteiger partial charge in [0.05, 0.1) is 11.1 Å². The second kappa shape index (κ2) is 7.51. The summed E-state index contributed by atoms with van der Waals surface area (Å²) in [4.78, 5) is 25.6. The lowest BCUT2D eigenvalue weighted by Crippen LogP contribution is -2.51. The minimum Gasteiger partial charge on any atom is -0.351 e. The summed E-state index contributed by atoms with van der Waals surface area (Å²) in [5.41, 5.74) is 3.14. The molecule has 2 heterocycles. The molecule has 4 bridgehead atoms. The molecule has 0 atom stereocenters. The lowest BCUT2D eigenvalue weighted by molar-refractivity contribution is -0.0503. The molecule has 32 heavy (non-hydrogen) atoms. The average molecular weight is 428 g/mol. The van der Waals surface area contributed by atoms with E-state index in [0.29, 0.717) is 22.2 Å². The average Bonchev–Trinajstić information content (AvgIpc) is 3.26. The van der Waals surface area contributed by atoms with Gasteiger partial charge < -0.3 is 15.0 Å². The number of anilines is 1. The maximum atomic E-state index is 12.8. The Morgan fingerprint density at radius 1 is 0.844 bits per heavy atom. The molecule has 5 nitrogen and oxygen atoms in total. The lowest BCUT2D eigenvalue weighted by Gasteiger charge is -2.56. The summed E-state index contributed by atoms with van der Waals surface area (Å²) in [6, 6.07) is 14.7. The van der Waals surface area contributed by atoms with Crippen molar-refractivity contribution in [2.24, 2.45) is 23.2 Å². The SMILES string of the molecule is O=C(NCC12CC3CC(CC(C3)C1)C2)c1ccc(NC(=O)c2cccn3cccc23)cc1. The van der Waals surface area contributed by atoms with Gasteiger partial charge in [0.1, 0.15) is 0 Å². The molecule has 0 aliphatic heterocycles. The van der Waals surface area contributed by atoms with Gasteiger partial charge in [0.25, 0.3) is 11.8 Å². The Kier molecular flexibility index (Phi) is 4.60. The first kappa shape index (κ1) is 19.6. The molecule has 2 N–H and O–H groups in total. The zero-order chi connectivity index (χ0) is 21.7. The zero-order valence-electron chi connectivity index (χ0n) is 18.2. The molecule has 164 valence electrons. The van der Waals surface area contributed by atoms with Crippen LogP contribution in [0.2, 0.25) is 0 Å². The molecular formula is C27H29N3O2. The molecular weight excluding hydrogens is 398 g/mol. The van der Waals surface area contributed by atoms with Crippen molar-refractivity contribution in [1.82, 2.24) is 9.72 Å². The smallest absolute Gasteiger partial charge is 0.257 e. The van der Waals surface area contributed by atoms with Gasteiger partial charge in [-0.3, -0.25) is 9.59 Å². The van der Waals surface area contributed by atoms with Crippen molar-refractivity contribution in [3.63, 3.8) is 0 Å². The number of hydrogen-bond acceptors (Lipinski definition) is 2. The molecule has 2 aromatic heterocycles. The first-order valence-corrected chi connectivity index (χ1v) is 11.8. The summed E-state index contributed by atoms with van der Waals surface area (Å²) in [5, 5.41) is 6.17. The van der Waals surface area contributed by atoms with Gasteiger partial charge in [0.2, 0.25) is 0 Å². The molecule has 1 aromatic carbocycles. The second-order valence-corrected chi connectivity index (χ2v) is 10.4. The summed E-state index contributed by atoms with van der Waals surface area (Å²) >= 11 is 0. The van der Waals surface area contributed by atoms with Crippen LogP contribution in [-0.4, -0.2) is 22.8 Å². The van der Waals surface area contributed by atoms with E-state index in [1.807, 2.05) is 41.1 Å². The predicted octanol–water partition coefficient (Wildman–Crippen LogP) is 5.14. The maximum Gasteiger partial charge on any atom is 0.257 e. The third-order valence-corrected chi connectivity index (χ3v) is 8.00. The van der Waals surface area contributed by atoms with Gasteiger partial charge in [-0.15, -0.1) is 0 Å².